The van der Waals surface area contributed by atoms with Crippen molar-refractivity contribution in [3.05, 3.63) is 132 Å². The van der Waals surface area contributed by atoms with Crippen LogP contribution in [0.1, 0.15) is 61.8 Å². The molecule has 0 bridgehead atoms. The molecule has 2 unspecified atom stereocenters. The number of ether oxygens (including phenoxy) is 2. The number of aryl methyl sites for hydroxylation is 2. The Morgan fingerprint density at radius 3 is 1.70 bits per heavy atom. The molecule has 2 fully saturated rings. The van der Waals surface area contributed by atoms with Crippen molar-refractivity contribution in [1.29, 1.82) is 0 Å². The zero-order valence-electron chi connectivity index (χ0n) is 40.2. The van der Waals surface area contributed by atoms with Crippen LogP contribution >= 0.6 is 0 Å². The van der Waals surface area contributed by atoms with Gasteiger partial charge in [-0.3, -0.25) is 14.3 Å². The van der Waals surface area contributed by atoms with E-state index in [0.717, 1.165) is 64.3 Å². The summed E-state index contributed by atoms with van der Waals surface area (Å²) < 4.78 is 17.9. The number of piperazine rings is 2. The molecule has 10 rings (SSSR count). The second-order valence-electron chi connectivity index (χ2n) is 18.9. The van der Waals surface area contributed by atoms with Gasteiger partial charge in [-0.25, -0.2) is 19.6 Å². The number of fused-ring (bicyclic) bond motifs is 2. The number of nitrogens with two attached hydrogens (primary N) is 2. The lowest BCUT2D eigenvalue weighted by atomic mass is 9.91. The van der Waals surface area contributed by atoms with Gasteiger partial charge in [-0.15, -0.1) is 0 Å². The number of nitrogens with one attached hydrogen (secondary N) is 1. The van der Waals surface area contributed by atoms with E-state index in [1.54, 1.807) is 59.0 Å². The van der Waals surface area contributed by atoms with Gasteiger partial charge in [0.05, 0.1) is 48.3 Å². The minimum absolute atomic E-state index is 0.126. The Kier molecular flexibility index (Phi) is 13.8. The molecule has 0 spiro atoms. The van der Waals surface area contributed by atoms with Crippen LogP contribution in [0.2, 0.25) is 0 Å². The highest BCUT2D eigenvalue weighted by molar-refractivity contribution is 5.78. The molecule has 6 aromatic heterocycles. The fraction of sp³-hybridized carbons (Fsp3) is 0.360. The van der Waals surface area contributed by atoms with Gasteiger partial charge >= 0.3 is 12.2 Å². The molecule has 2 aliphatic rings. The van der Waals surface area contributed by atoms with Gasteiger partial charge in [-0.05, 0) is 29.5 Å². The lowest BCUT2D eigenvalue weighted by Crippen LogP contribution is -2.51. The molecule has 0 radical (unpaired) electrons. The second-order valence-corrected chi connectivity index (χ2v) is 18.9. The van der Waals surface area contributed by atoms with Crippen LogP contribution < -0.4 is 16.8 Å². The fourth-order valence-electron chi connectivity index (χ4n) is 8.64. The van der Waals surface area contributed by atoms with Crippen molar-refractivity contribution in [3.8, 4) is 22.3 Å². The highest BCUT2D eigenvalue weighted by Gasteiger charge is 2.34. The van der Waals surface area contributed by atoms with Crippen LogP contribution in [0, 0.1) is 5.41 Å². The van der Waals surface area contributed by atoms with Gasteiger partial charge in [0.25, 0.3) is 0 Å². The molecular weight excluding hydrogens is 889 g/mol. The largest absolute Gasteiger partial charge is 0.445 e. The first-order valence-electron chi connectivity index (χ1n) is 23.4. The normalized spacial score (nSPS) is 16.6. The molecule has 20 heteroatoms. The lowest BCUT2D eigenvalue weighted by Gasteiger charge is -2.41. The van der Waals surface area contributed by atoms with Crippen LogP contribution in [0.25, 0.3) is 33.5 Å². The van der Waals surface area contributed by atoms with Crippen molar-refractivity contribution >= 4 is 35.1 Å². The minimum atomic E-state index is -0.338. The van der Waals surface area contributed by atoms with Gasteiger partial charge in [0.2, 0.25) is 0 Å². The van der Waals surface area contributed by atoms with Crippen LogP contribution in [0.3, 0.4) is 0 Å². The molecule has 0 saturated carbocycles. The Balaban J connectivity index is 0.000000176. The average molecular weight is 949 g/mol. The quantitative estimate of drug-likeness (QED) is 0.140. The highest BCUT2D eigenvalue weighted by atomic mass is 16.6. The minimum Gasteiger partial charge on any atom is -0.445 e. The van der Waals surface area contributed by atoms with Crippen LogP contribution in [0.15, 0.2) is 110 Å². The summed E-state index contributed by atoms with van der Waals surface area (Å²) in [6.45, 7) is 11.5. The van der Waals surface area contributed by atoms with E-state index in [1.807, 2.05) is 93.2 Å². The average Bonchev–Trinajstić information content (AvgIpc) is 4.20. The first kappa shape index (κ1) is 47.2. The van der Waals surface area contributed by atoms with Crippen LogP contribution in [0.4, 0.5) is 21.2 Å². The Bertz CT molecular complexity index is 3070. The monoisotopic (exact) mass is 948 g/mol. The molecule has 364 valence electrons. The van der Waals surface area contributed by atoms with Crippen LogP contribution in [-0.2, 0) is 36.8 Å². The smallest absolute Gasteiger partial charge is 0.410 e. The number of carbonyl (C=O) groups is 2. The number of aromatic nitrogens is 10. The predicted octanol–water partition coefficient (Wildman–Crippen LogP) is 6.14. The topological polar surface area (TPSA) is 222 Å². The Morgan fingerprint density at radius 1 is 0.671 bits per heavy atom. The Labute approximate surface area is 405 Å². The molecule has 5 N–H and O–H groups in total. The van der Waals surface area contributed by atoms with E-state index in [2.05, 4.69) is 51.4 Å². The number of hydrogen-bond donors (Lipinski definition) is 3. The number of hydrogen-bond acceptors (Lipinski definition) is 14. The maximum Gasteiger partial charge on any atom is 0.410 e. The number of anilines is 2. The van der Waals surface area contributed by atoms with Gasteiger partial charge < -0.3 is 36.1 Å². The zero-order valence-corrected chi connectivity index (χ0v) is 40.2. The predicted molar refractivity (Wildman–Crippen MR) is 265 cm³/mol. The van der Waals surface area contributed by atoms with Gasteiger partial charge in [0.15, 0.2) is 11.3 Å². The third-order valence-corrected chi connectivity index (χ3v) is 12.5. The molecule has 0 aliphatic carbocycles. The number of carbonyl (C=O) groups excluding carboxylic acids is 2. The van der Waals surface area contributed by atoms with E-state index in [4.69, 9.17) is 30.9 Å². The molecule has 2 saturated heterocycles. The van der Waals surface area contributed by atoms with Crippen molar-refractivity contribution in [3.63, 3.8) is 0 Å². The van der Waals surface area contributed by atoms with Gasteiger partial charge in [0, 0.05) is 100 Å². The van der Waals surface area contributed by atoms with Gasteiger partial charge in [0.1, 0.15) is 24.8 Å². The van der Waals surface area contributed by atoms with Gasteiger partial charge in [-0.1, -0.05) is 81.4 Å². The molecule has 20 nitrogen and oxygen atoms in total. The van der Waals surface area contributed by atoms with E-state index >= 15 is 0 Å². The first-order chi connectivity index (χ1) is 33.8. The third-order valence-electron chi connectivity index (χ3n) is 12.5. The van der Waals surface area contributed by atoms with E-state index in [0.29, 0.717) is 55.7 Å². The van der Waals surface area contributed by atoms with Crippen LogP contribution in [-0.4, -0.2) is 121 Å². The summed E-state index contributed by atoms with van der Waals surface area (Å²) in [5.41, 5.74) is 21.3. The maximum absolute atomic E-state index is 13.1. The van der Waals surface area contributed by atoms with Crippen LogP contribution in [0.5, 0.6) is 0 Å². The molecular formula is C50H60N16O4. The number of benzene rings is 2. The van der Waals surface area contributed by atoms with E-state index in [1.165, 1.54) is 0 Å². The van der Waals surface area contributed by atoms with Crippen molar-refractivity contribution in [2.75, 3.05) is 57.3 Å². The SMILES string of the molecule is Cn1cc(-c2cnn3c(N)cc(C4CN(C(=O)OCc5ccccc5)CCN4)nc23)cn1.Cn1cc(-c2cnn3c(N)cc(C4CN(C(=O)OCc5ccccc5)CCN4CCC(C)(C)C)nc23)cn1. The zero-order chi connectivity index (χ0) is 48.9. The number of nitrogens with zero attached hydrogens (tertiary/aromatic N) is 13. The van der Waals surface area contributed by atoms with E-state index in [9.17, 15) is 9.59 Å². The summed E-state index contributed by atoms with van der Waals surface area (Å²) in [4.78, 5) is 41.5. The Hall–Kier alpha value is -7.84. The van der Waals surface area contributed by atoms with E-state index < -0.39 is 0 Å². The molecule has 2 aromatic carbocycles. The molecule has 2 atom stereocenters. The highest BCUT2D eigenvalue weighted by Crippen LogP contribution is 2.32. The lowest BCUT2D eigenvalue weighted by molar-refractivity contribution is 0.0413. The maximum atomic E-state index is 13.1. The molecule has 8 heterocycles. The second kappa shape index (κ2) is 20.4. The number of rotatable bonds is 10. The Morgan fingerprint density at radius 2 is 1.19 bits per heavy atom. The standard InChI is InChI=1S/C28H36N8O2.C22H24N8O2/c1-28(2,3)10-11-34-12-13-35(27(37)38-19-20-8-6-5-7-9-20)18-24(34)23-14-25(29)36-26(32-23)22(16-31-36)21-15-30-33(4)17-21;1-28-12-16(10-25-28)17-11-26-30-20(23)9-18(27-21(17)30)19-13-29(8-7-24-19)22(31)32-14-15-5-3-2-4-6-15/h5-9,14-17,24H,10-13,18-19,29H2,1-4H3;2-6,9-12,19,24H,7-8,13-14,23H2,1H3. The van der Waals surface area contributed by atoms with E-state index in [-0.39, 0.29) is 42.9 Å². The first-order valence-corrected chi connectivity index (χ1v) is 23.4. The molecule has 2 aliphatic heterocycles. The van der Waals surface area contributed by atoms with Crippen molar-refractivity contribution < 1.29 is 19.1 Å². The van der Waals surface area contributed by atoms with Crippen molar-refractivity contribution in [1.82, 2.24) is 68.8 Å². The third kappa shape index (κ3) is 10.9. The van der Waals surface area contributed by atoms with Crippen molar-refractivity contribution in [2.45, 2.75) is 52.5 Å². The van der Waals surface area contributed by atoms with Crippen molar-refractivity contribution in [2.24, 2.45) is 19.5 Å². The summed E-state index contributed by atoms with van der Waals surface area (Å²) in [6.07, 6.45) is 11.3. The molecule has 70 heavy (non-hydrogen) atoms. The summed E-state index contributed by atoms with van der Waals surface area (Å²) >= 11 is 0. The fourth-order valence-corrected chi connectivity index (χ4v) is 8.64. The van der Waals surface area contributed by atoms with Gasteiger partial charge in [-0.2, -0.15) is 29.4 Å². The number of nitrogen functional groups attached to an aromatic ring is 2. The summed E-state index contributed by atoms with van der Waals surface area (Å²) in [5.74, 6) is 0.977. The summed E-state index contributed by atoms with van der Waals surface area (Å²) in [5, 5.41) is 20.8. The molecule has 8 aromatic rings. The number of amides is 2. The summed E-state index contributed by atoms with van der Waals surface area (Å²) in [7, 11) is 3.74. The molecule has 2 amide bonds. The summed E-state index contributed by atoms with van der Waals surface area (Å²) in [6, 6.07) is 22.7.